The van der Waals surface area contributed by atoms with Crippen LogP contribution >= 0.6 is 22.9 Å². The number of halogens is 1. The molecule has 0 radical (unpaired) electrons. The predicted octanol–water partition coefficient (Wildman–Crippen LogP) is 8.64. The first kappa shape index (κ1) is 30.1. The summed E-state index contributed by atoms with van der Waals surface area (Å²) in [4.78, 5) is 34.3. The molecule has 3 saturated carbocycles. The van der Waals surface area contributed by atoms with Gasteiger partial charge in [-0.05, 0) is 111 Å². The van der Waals surface area contributed by atoms with Gasteiger partial charge in [0.05, 0.1) is 35.0 Å². The van der Waals surface area contributed by atoms with Crippen LogP contribution < -0.4 is 9.64 Å². The van der Waals surface area contributed by atoms with E-state index in [0.717, 1.165) is 54.7 Å². The van der Waals surface area contributed by atoms with Crippen molar-refractivity contribution in [2.24, 2.45) is 17.8 Å². The van der Waals surface area contributed by atoms with Crippen molar-refractivity contribution in [3.05, 3.63) is 64.3 Å². The molecule has 0 N–H and O–H groups in total. The minimum absolute atomic E-state index is 0.0767. The van der Waals surface area contributed by atoms with Crippen LogP contribution in [0.2, 0.25) is 5.02 Å². The highest BCUT2D eigenvalue weighted by Gasteiger charge is 2.35. The van der Waals surface area contributed by atoms with E-state index in [1.54, 1.807) is 18.4 Å². The summed E-state index contributed by atoms with van der Waals surface area (Å²) in [6, 6.07) is 14.6. The molecule has 8 heteroatoms. The second-order valence-electron chi connectivity index (χ2n) is 12.5. The Morgan fingerprint density at radius 3 is 2.30 bits per heavy atom. The van der Waals surface area contributed by atoms with E-state index in [-0.39, 0.29) is 23.7 Å². The summed E-state index contributed by atoms with van der Waals surface area (Å²) in [6.45, 7) is 0.714. The van der Waals surface area contributed by atoms with Crippen molar-refractivity contribution in [1.82, 2.24) is 4.98 Å². The predicted molar refractivity (Wildman–Crippen MR) is 172 cm³/mol. The molecule has 3 aliphatic carbocycles. The summed E-state index contributed by atoms with van der Waals surface area (Å²) in [7, 11) is 3.09. The van der Waals surface area contributed by atoms with Crippen molar-refractivity contribution in [3.8, 4) is 16.2 Å². The Kier molecular flexibility index (Phi) is 9.39. The number of methoxy groups -OCH3 is 2. The molecule has 1 heterocycles. The van der Waals surface area contributed by atoms with Crippen molar-refractivity contribution >= 4 is 40.5 Å². The van der Waals surface area contributed by atoms with Gasteiger partial charge < -0.3 is 14.4 Å². The highest BCUT2D eigenvalue weighted by atomic mass is 35.5. The lowest BCUT2D eigenvalue weighted by Gasteiger charge is -2.36. The van der Waals surface area contributed by atoms with Crippen molar-refractivity contribution in [2.75, 3.05) is 25.7 Å². The average Bonchev–Trinajstić information content (AvgIpc) is 3.79. The molecule has 1 aromatic heterocycles. The molecule has 0 unspecified atom stereocenters. The monoisotopic (exact) mass is 620 g/mol. The smallest absolute Gasteiger partial charge is 0.308 e. The van der Waals surface area contributed by atoms with E-state index in [1.807, 2.05) is 18.3 Å². The van der Waals surface area contributed by atoms with Gasteiger partial charge in [-0.1, -0.05) is 29.8 Å². The molecular weight excluding hydrogens is 580 g/mol. The van der Waals surface area contributed by atoms with Crippen LogP contribution in [0.15, 0.2) is 48.7 Å². The van der Waals surface area contributed by atoms with Gasteiger partial charge >= 0.3 is 5.97 Å². The fraction of sp³-hybridized carbons (Fsp3) is 0.514. The topological polar surface area (TPSA) is 68.7 Å². The normalized spacial score (nSPS) is 23.9. The molecule has 3 aliphatic rings. The lowest BCUT2D eigenvalue weighted by molar-refractivity contribution is -0.147. The summed E-state index contributed by atoms with van der Waals surface area (Å²) in [6.07, 6.45) is 11.6. The molecule has 6 rings (SSSR count). The lowest BCUT2D eigenvalue weighted by atomic mass is 9.78. The van der Waals surface area contributed by atoms with Crippen LogP contribution in [-0.2, 0) is 14.3 Å². The molecule has 6 nitrogen and oxygen atoms in total. The molecule has 0 bridgehead atoms. The molecule has 1 amide bonds. The number of carbonyl (C=O) groups is 2. The van der Waals surface area contributed by atoms with Gasteiger partial charge in [-0.3, -0.25) is 9.59 Å². The quantitative estimate of drug-likeness (QED) is 0.224. The largest absolute Gasteiger partial charge is 0.495 e. The third kappa shape index (κ3) is 6.93. The Labute approximate surface area is 263 Å². The molecule has 3 aromatic rings. The molecule has 0 spiro atoms. The molecule has 2 aromatic carbocycles. The standard InChI is InChI=1S/C35H41ClN2O4S/c1-41-31-17-16-27(19-30(31)36)23-8-6-22(7-9-23)21-38(34(39)25-12-14-26(15-13-25)35(40)42-2)29-5-3-4-28(18-29)32-20-37-33(43-32)24-10-11-24/h3-5,16-20,22-26H,6-15,21H2,1-2H3. The number of anilines is 1. The number of nitrogens with zero attached hydrogens (tertiary/aromatic N) is 2. The Hall–Kier alpha value is -2.90. The zero-order valence-corrected chi connectivity index (χ0v) is 26.7. The number of carbonyl (C=O) groups excluding carboxylic acids is 2. The van der Waals surface area contributed by atoms with Crippen LogP contribution in [0.25, 0.3) is 10.4 Å². The third-order valence-corrected chi connectivity index (χ3v) is 11.2. The zero-order valence-electron chi connectivity index (χ0n) is 25.1. The number of amides is 1. The first-order valence-corrected chi connectivity index (χ1v) is 16.9. The highest BCUT2D eigenvalue weighted by Crippen LogP contribution is 2.44. The van der Waals surface area contributed by atoms with Crippen LogP contribution in [0.5, 0.6) is 5.75 Å². The van der Waals surface area contributed by atoms with Gasteiger partial charge in [0.2, 0.25) is 5.91 Å². The summed E-state index contributed by atoms with van der Waals surface area (Å²) >= 11 is 8.22. The summed E-state index contributed by atoms with van der Waals surface area (Å²) < 4.78 is 10.3. The zero-order chi connectivity index (χ0) is 29.9. The molecule has 3 fully saturated rings. The van der Waals surface area contributed by atoms with Crippen molar-refractivity contribution in [3.63, 3.8) is 0 Å². The number of hydrogen-bond donors (Lipinski definition) is 0. The van der Waals surface area contributed by atoms with Gasteiger partial charge in [0, 0.05) is 30.3 Å². The number of hydrogen-bond acceptors (Lipinski definition) is 6. The van der Waals surface area contributed by atoms with Gasteiger partial charge in [-0.15, -0.1) is 11.3 Å². The van der Waals surface area contributed by atoms with E-state index in [1.165, 1.54) is 30.5 Å². The van der Waals surface area contributed by atoms with Crippen molar-refractivity contribution in [2.45, 2.75) is 76.0 Å². The van der Waals surface area contributed by atoms with E-state index >= 15 is 0 Å². The van der Waals surface area contributed by atoms with Gasteiger partial charge in [0.1, 0.15) is 5.75 Å². The van der Waals surface area contributed by atoms with Gasteiger partial charge in [0.25, 0.3) is 0 Å². The Balaban J connectivity index is 1.19. The first-order valence-electron chi connectivity index (χ1n) is 15.7. The van der Waals surface area contributed by atoms with E-state index in [9.17, 15) is 9.59 Å². The van der Waals surface area contributed by atoms with Crippen LogP contribution in [0.1, 0.15) is 86.6 Å². The van der Waals surface area contributed by atoms with Crippen LogP contribution in [0.3, 0.4) is 0 Å². The number of thiazole rings is 1. The molecule has 0 aliphatic heterocycles. The summed E-state index contributed by atoms with van der Waals surface area (Å²) in [5.74, 6) is 2.09. The van der Waals surface area contributed by atoms with E-state index < -0.39 is 0 Å². The van der Waals surface area contributed by atoms with E-state index in [0.29, 0.717) is 47.9 Å². The van der Waals surface area contributed by atoms with Crippen LogP contribution in [0.4, 0.5) is 5.69 Å². The molecule has 0 atom stereocenters. The molecule has 43 heavy (non-hydrogen) atoms. The first-order chi connectivity index (χ1) is 20.9. The van der Waals surface area contributed by atoms with Crippen LogP contribution in [0, 0.1) is 17.8 Å². The average molecular weight is 621 g/mol. The number of benzene rings is 2. The maximum atomic E-state index is 14.2. The van der Waals surface area contributed by atoms with E-state index in [4.69, 9.17) is 26.1 Å². The minimum atomic E-state index is -0.152. The van der Waals surface area contributed by atoms with Gasteiger partial charge in [-0.25, -0.2) is 4.98 Å². The summed E-state index contributed by atoms with van der Waals surface area (Å²) in [5, 5.41) is 1.89. The van der Waals surface area contributed by atoms with Gasteiger partial charge in [-0.2, -0.15) is 0 Å². The third-order valence-electron chi connectivity index (χ3n) is 9.70. The number of rotatable bonds is 9. The fourth-order valence-electron chi connectivity index (χ4n) is 6.93. The van der Waals surface area contributed by atoms with Crippen molar-refractivity contribution < 1.29 is 19.1 Å². The van der Waals surface area contributed by atoms with E-state index in [2.05, 4.69) is 35.2 Å². The minimum Gasteiger partial charge on any atom is -0.495 e. The van der Waals surface area contributed by atoms with Gasteiger partial charge in [0.15, 0.2) is 0 Å². The van der Waals surface area contributed by atoms with Crippen molar-refractivity contribution in [1.29, 1.82) is 0 Å². The lowest BCUT2D eigenvalue weighted by Crippen LogP contribution is -2.42. The molecule has 228 valence electrons. The Morgan fingerprint density at radius 2 is 1.63 bits per heavy atom. The second-order valence-corrected chi connectivity index (χ2v) is 14.0. The molecule has 0 saturated heterocycles. The number of ether oxygens (including phenoxy) is 2. The number of esters is 1. The SMILES string of the molecule is COC(=O)C1CCC(C(=O)N(CC2CCC(c3ccc(OC)c(Cl)c3)CC2)c2cccc(-c3cnc(C4CC4)s3)c2)CC1. The van der Waals surface area contributed by atoms with Crippen LogP contribution in [-0.4, -0.2) is 37.6 Å². The Morgan fingerprint density at radius 1 is 0.907 bits per heavy atom. The fourth-order valence-corrected chi connectivity index (χ4v) is 8.28. The molecular formula is C35H41ClN2O4S. The number of aromatic nitrogens is 1. The Bertz CT molecular complexity index is 1440. The highest BCUT2D eigenvalue weighted by molar-refractivity contribution is 7.15. The summed E-state index contributed by atoms with van der Waals surface area (Å²) in [5.41, 5.74) is 3.35. The maximum absolute atomic E-state index is 14.2. The second kappa shape index (κ2) is 13.4. The maximum Gasteiger partial charge on any atom is 0.308 e.